The van der Waals surface area contributed by atoms with Gasteiger partial charge in [0.05, 0.1) is 7.11 Å². The molecule has 0 amide bonds. The van der Waals surface area contributed by atoms with Crippen LogP contribution in [-0.2, 0) is 10.2 Å². The molecule has 0 aliphatic carbocycles. The number of hydrogen-bond acceptors (Lipinski definition) is 4. The van der Waals surface area contributed by atoms with Gasteiger partial charge >= 0.3 is 5.97 Å². The first kappa shape index (κ1) is 12.4. The number of rotatable bonds is 4. The molecule has 1 heterocycles. The predicted molar refractivity (Wildman–Crippen MR) is 59.4 cm³/mol. The quantitative estimate of drug-likeness (QED) is 0.789. The summed E-state index contributed by atoms with van der Waals surface area (Å²) in [6, 6.07) is 2.49. The Morgan fingerprint density at radius 2 is 2.19 bits per heavy atom. The molecule has 0 radical (unpaired) electrons. The van der Waals surface area contributed by atoms with Gasteiger partial charge in [-0.2, -0.15) is 0 Å². The van der Waals surface area contributed by atoms with E-state index in [4.69, 9.17) is 15.6 Å². The topological polar surface area (TPSA) is 85.4 Å². The molecule has 0 aliphatic rings. The average Bonchev–Trinajstić information content (AvgIpc) is 2.28. The molecule has 0 saturated heterocycles. The molecule has 1 aromatic heterocycles. The minimum atomic E-state index is -1.03. The van der Waals surface area contributed by atoms with Gasteiger partial charge in [-0.1, -0.05) is 19.9 Å². The molecule has 1 unspecified atom stereocenters. The highest BCUT2D eigenvalue weighted by Crippen LogP contribution is 2.26. The SMILES string of the molecule is COc1ccc(C(C)(C)C(N)C(=O)O)cn1. The van der Waals surface area contributed by atoms with Gasteiger partial charge in [-0.15, -0.1) is 0 Å². The summed E-state index contributed by atoms with van der Waals surface area (Å²) in [5, 5.41) is 8.91. The van der Waals surface area contributed by atoms with Crippen LogP contribution in [-0.4, -0.2) is 29.2 Å². The maximum atomic E-state index is 10.9. The predicted octanol–water partition coefficient (Wildman–Crippen LogP) is 0.780. The molecule has 0 spiro atoms. The standard InChI is InChI=1S/C11H16N2O3/c1-11(2,9(12)10(14)15)7-4-5-8(16-3)13-6-7/h4-6,9H,12H2,1-3H3,(H,14,15). The molecule has 0 aliphatic heterocycles. The fourth-order valence-electron chi connectivity index (χ4n) is 1.37. The van der Waals surface area contributed by atoms with Crippen molar-refractivity contribution in [3.8, 4) is 5.88 Å². The fraction of sp³-hybridized carbons (Fsp3) is 0.455. The lowest BCUT2D eigenvalue weighted by Crippen LogP contribution is -2.46. The molecule has 3 N–H and O–H groups in total. The second-order valence-electron chi connectivity index (χ2n) is 4.13. The molecule has 1 atom stereocenters. The number of carboxylic acid groups (broad SMARTS) is 1. The number of methoxy groups -OCH3 is 1. The van der Waals surface area contributed by atoms with Crippen LogP contribution in [0.25, 0.3) is 0 Å². The third-order valence-electron chi connectivity index (χ3n) is 2.73. The van der Waals surface area contributed by atoms with Gasteiger partial charge in [-0.25, -0.2) is 4.98 Å². The van der Waals surface area contributed by atoms with Crippen LogP contribution < -0.4 is 10.5 Å². The van der Waals surface area contributed by atoms with Crippen LogP contribution >= 0.6 is 0 Å². The van der Waals surface area contributed by atoms with Gasteiger partial charge in [0.1, 0.15) is 6.04 Å². The first-order valence-corrected chi connectivity index (χ1v) is 4.88. The number of carbonyl (C=O) groups is 1. The van der Waals surface area contributed by atoms with Crippen molar-refractivity contribution < 1.29 is 14.6 Å². The molecule has 16 heavy (non-hydrogen) atoms. The Bertz CT molecular complexity index is 373. The summed E-state index contributed by atoms with van der Waals surface area (Å²) in [5.74, 6) is -0.538. The van der Waals surface area contributed by atoms with E-state index in [9.17, 15) is 4.79 Å². The molecular weight excluding hydrogens is 208 g/mol. The molecule has 0 bridgehead atoms. The summed E-state index contributed by atoms with van der Waals surface area (Å²) in [7, 11) is 1.52. The lowest BCUT2D eigenvalue weighted by Gasteiger charge is -2.28. The highest BCUT2D eigenvalue weighted by Gasteiger charge is 2.33. The zero-order valence-corrected chi connectivity index (χ0v) is 9.60. The Hall–Kier alpha value is -1.62. The lowest BCUT2D eigenvalue weighted by molar-refractivity contribution is -0.140. The van der Waals surface area contributed by atoms with Crippen molar-refractivity contribution in [1.29, 1.82) is 0 Å². The van der Waals surface area contributed by atoms with E-state index >= 15 is 0 Å². The summed E-state index contributed by atoms with van der Waals surface area (Å²) in [5.41, 5.74) is 5.73. The highest BCUT2D eigenvalue weighted by molar-refractivity contribution is 5.75. The van der Waals surface area contributed by atoms with Crippen molar-refractivity contribution in [2.45, 2.75) is 25.3 Å². The number of nitrogens with two attached hydrogens (primary N) is 1. The molecule has 1 aromatic rings. The number of nitrogens with zero attached hydrogens (tertiary/aromatic N) is 1. The van der Waals surface area contributed by atoms with Gasteiger partial charge in [0.2, 0.25) is 5.88 Å². The van der Waals surface area contributed by atoms with Crippen molar-refractivity contribution in [3.63, 3.8) is 0 Å². The monoisotopic (exact) mass is 224 g/mol. The van der Waals surface area contributed by atoms with Crippen LogP contribution in [0.3, 0.4) is 0 Å². The van der Waals surface area contributed by atoms with Crippen LogP contribution in [0.5, 0.6) is 5.88 Å². The molecule has 88 valence electrons. The van der Waals surface area contributed by atoms with E-state index in [-0.39, 0.29) is 0 Å². The van der Waals surface area contributed by atoms with E-state index in [0.29, 0.717) is 5.88 Å². The summed E-state index contributed by atoms with van der Waals surface area (Å²) in [4.78, 5) is 14.9. The molecular formula is C11H16N2O3. The molecule has 1 rings (SSSR count). The zero-order valence-electron chi connectivity index (χ0n) is 9.60. The van der Waals surface area contributed by atoms with E-state index in [1.807, 2.05) is 0 Å². The highest BCUT2D eigenvalue weighted by atomic mass is 16.5. The Morgan fingerprint density at radius 3 is 2.56 bits per heavy atom. The minimum absolute atomic E-state index is 0.489. The van der Waals surface area contributed by atoms with E-state index < -0.39 is 17.4 Å². The van der Waals surface area contributed by atoms with E-state index in [1.54, 1.807) is 32.2 Å². The molecule has 0 aromatic carbocycles. The minimum Gasteiger partial charge on any atom is -0.481 e. The van der Waals surface area contributed by atoms with E-state index in [0.717, 1.165) is 5.56 Å². The first-order valence-electron chi connectivity index (χ1n) is 4.88. The van der Waals surface area contributed by atoms with Crippen molar-refractivity contribution in [2.24, 2.45) is 5.73 Å². The molecule has 0 fully saturated rings. The Morgan fingerprint density at radius 1 is 1.56 bits per heavy atom. The maximum Gasteiger partial charge on any atom is 0.321 e. The lowest BCUT2D eigenvalue weighted by atomic mass is 9.79. The van der Waals surface area contributed by atoms with Crippen LogP contribution in [0, 0.1) is 0 Å². The Kier molecular flexibility index (Phi) is 3.49. The maximum absolute atomic E-state index is 10.9. The number of carboxylic acids is 1. The normalized spacial score (nSPS) is 13.2. The zero-order chi connectivity index (χ0) is 12.3. The fourth-order valence-corrected chi connectivity index (χ4v) is 1.37. The van der Waals surface area contributed by atoms with Gasteiger partial charge < -0.3 is 15.6 Å². The van der Waals surface area contributed by atoms with E-state index in [2.05, 4.69) is 4.98 Å². The third-order valence-corrected chi connectivity index (χ3v) is 2.73. The van der Waals surface area contributed by atoms with Crippen LogP contribution in [0.2, 0.25) is 0 Å². The summed E-state index contributed by atoms with van der Waals surface area (Å²) < 4.78 is 4.93. The number of ether oxygens (including phenoxy) is 1. The third kappa shape index (κ3) is 2.30. The number of aromatic nitrogens is 1. The number of hydrogen-bond donors (Lipinski definition) is 2. The summed E-state index contributed by atoms with van der Waals surface area (Å²) in [6.45, 7) is 3.55. The van der Waals surface area contributed by atoms with Crippen LogP contribution in [0.4, 0.5) is 0 Å². The van der Waals surface area contributed by atoms with Crippen molar-refractivity contribution in [1.82, 2.24) is 4.98 Å². The Labute approximate surface area is 94.2 Å². The number of pyridine rings is 1. The molecule has 0 saturated carbocycles. The first-order chi connectivity index (χ1) is 7.39. The van der Waals surface area contributed by atoms with E-state index in [1.165, 1.54) is 7.11 Å². The van der Waals surface area contributed by atoms with Crippen molar-refractivity contribution in [2.75, 3.05) is 7.11 Å². The van der Waals surface area contributed by atoms with Crippen LogP contribution in [0.1, 0.15) is 19.4 Å². The van der Waals surface area contributed by atoms with Crippen molar-refractivity contribution >= 4 is 5.97 Å². The van der Waals surface area contributed by atoms with Gasteiger partial charge in [0.15, 0.2) is 0 Å². The second-order valence-corrected chi connectivity index (χ2v) is 4.13. The number of aliphatic carboxylic acids is 1. The largest absolute Gasteiger partial charge is 0.481 e. The van der Waals surface area contributed by atoms with Crippen LogP contribution in [0.15, 0.2) is 18.3 Å². The molecule has 5 nitrogen and oxygen atoms in total. The van der Waals surface area contributed by atoms with Gasteiger partial charge in [-0.3, -0.25) is 4.79 Å². The second kappa shape index (κ2) is 4.49. The van der Waals surface area contributed by atoms with Crippen molar-refractivity contribution in [3.05, 3.63) is 23.9 Å². The molecule has 5 heteroatoms. The van der Waals surface area contributed by atoms with Gasteiger partial charge in [0.25, 0.3) is 0 Å². The summed E-state index contributed by atoms with van der Waals surface area (Å²) in [6.07, 6.45) is 1.58. The average molecular weight is 224 g/mol. The van der Waals surface area contributed by atoms with Gasteiger partial charge in [0, 0.05) is 17.7 Å². The Balaban J connectivity index is 3.02. The smallest absolute Gasteiger partial charge is 0.321 e. The summed E-state index contributed by atoms with van der Waals surface area (Å²) >= 11 is 0. The van der Waals surface area contributed by atoms with Gasteiger partial charge in [-0.05, 0) is 5.56 Å².